The van der Waals surface area contributed by atoms with Gasteiger partial charge in [-0.2, -0.15) is 0 Å². The summed E-state index contributed by atoms with van der Waals surface area (Å²) in [6.07, 6.45) is -0.0236. The number of nitrogens with zero attached hydrogens (tertiary/aromatic N) is 1. The average molecular weight is 407 g/mol. The van der Waals surface area contributed by atoms with Crippen LogP contribution in [0.15, 0.2) is 47.4 Å². The number of hydrogen-bond donors (Lipinski definition) is 2. The van der Waals surface area contributed by atoms with Crippen LogP contribution in [0.2, 0.25) is 0 Å². The second-order valence-corrected chi connectivity index (χ2v) is 6.99. The van der Waals surface area contributed by atoms with Crippen molar-refractivity contribution in [1.82, 2.24) is 10.2 Å². The molecule has 2 N–H and O–H groups in total. The van der Waals surface area contributed by atoms with Crippen LogP contribution in [-0.2, 0) is 4.79 Å². The van der Waals surface area contributed by atoms with Gasteiger partial charge in [0.1, 0.15) is 11.6 Å². The summed E-state index contributed by atoms with van der Waals surface area (Å²) >= 11 is 1.07. The number of hydrogen-bond acceptors (Lipinski definition) is 4. The minimum absolute atomic E-state index is 0.00719. The van der Waals surface area contributed by atoms with Gasteiger partial charge in [0.05, 0.1) is 5.56 Å². The molecule has 0 unspecified atom stereocenters. The lowest BCUT2D eigenvalue weighted by molar-refractivity contribution is -0.116. The van der Waals surface area contributed by atoms with Crippen LogP contribution in [-0.4, -0.2) is 42.6 Å². The Morgan fingerprint density at radius 1 is 1.04 bits per heavy atom. The topological polar surface area (TPSA) is 78.5 Å². The molecule has 0 radical (unpaired) electrons. The van der Waals surface area contributed by atoms with Gasteiger partial charge in [-0.25, -0.2) is 8.78 Å². The van der Waals surface area contributed by atoms with Gasteiger partial charge in [-0.15, -0.1) is 0 Å². The van der Waals surface area contributed by atoms with E-state index in [1.165, 1.54) is 4.90 Å². The molecule has 2 rings (SSSR count). The van der Waals surface area contributed by atoms with Gasteiger partial charge in [-0.1, -0.05) is 0 Å². The average Bonchev–Trinajstić information content (AvgIpc) is 2.63. The number of carbonyl (C=O) groups excluding carboxylic acids is 3. The van der Waals surface area contributed by atoms with E-state index in [0.29, 0.717) is 11.8 Å². The molecule has 2 aromatic carbocycles. The highest BCUT2D eigenvalue weighted by Crippen LogP contribution is 2.22. The summed E-state index contributed by atoms with van der Waals surface area (Å²) < 4.78 is 26.4. The highest BCUT2D eigenvalue weighted by atomic mass is 32.2. The third-order valence-corrected chi connectivity index (χ3v) is 4.57. The fraction of sp³-hybridized carbons (Fsp3) is 0.211. The lowest BCUT2D eigenvalue weighted by atomic mass is 10.2. The molecule has 0 aliphatic rings. The number of nitrogens with one attached hydrogen (secondary N) is 2. The molecule has 6 nitrogen and oxygen atoms in total. The Hall–Kier alpha value is -2.94. The smallest absolute Gasteiger partial charge is 0.285 e. The zero-order valence-electron chi connectivity index (χ0n) is 15.3. The summed E-state index contributed by atoms with van der Waals surface area (Å²) in [5.74, 6) is -2.81. The van der Waals surface area contributed by atoms with Crippen molar-refractivity contribution in [2.75, 3.05) is 26.0 Å². The number of halogens is 2. The van der Waals surface area contributed by atoms with Gasteiger partial charge in [-0.05, 0) is 48.2 Å². The normalized spacial score (nSPS) is 10.3. The lowest BCUT2D eigenvalue weighted by Gasteiger charge is -2.10. The Balaban J connectivity index is 1.79. The van der Waals surface area contributed by atoms with Crippen molar-refractivity contribution in [3.8, 4) is 0 Å². The molecule has 0 atom stereocenters. The third-order valence-electron chi connectivity index (χ3n) is 3.52. The van der Waals surface area contributed by atoms with E-state index in [1.54, 1.807) is 38.4 Å². The van der Waals surface area contributed by atoms with Crippen LogP contribution in [0, 0.1) is 11.6 Å². The summed E-state index contributed by atoms with van der Waals surface area (Å²) in [5, 5.41) is 4.96. The Labute approximate surface area is 165 Å². The van der Waals surface area contributed by atoms with Crippen LogP contribution in [0.3, 0.4) is 0 Å². The molecule has 0 spiro atoms. The van der Waals surface area contributed by atoms with Crippen LogP contribution < -0.4 is 10.6 Å². The first kappa shape index (κ1) is 21.4. The maximum Gasteiger partial charge on any atom is 0.285 e. The molecule has 0 saturated heterocycles. The maximum absolute atomic E-state index is 13.5. The number of thioether (sulfide) groups is 1. The minimum Gasteiger partial charge on any atom is -0.351 e. The van der Waals surface area contributed by atoms with E-state index in [1.807, 2.05) is 0 Å². The Bertz CT molecular complexity index is 873. The highest BCUT2D eigenvalue weighted by Gasteiger charge is 2.13. The minimum atomic E-state index is -0.965. The Kier molecular flexibility index (Phi) is 7.51. The van der Waals surface area contributed by atoms with Gasteiger partial charge in [0.15, 0.2) is 0 Å². The molecule has 0 aliphatic carbocycles. The van der Waals surface area contributed by atoms with E-state index in [9.17, 15) is 23.2 Å². The fourth-order valence-corrected chi connectivity index (χ4v) is 2.74. The largest absolute Gasteiger partial charge is 0.351 e. The molecule has 0 aliphatic heterocycles. The number of amides is 3. The molecule has 0 saturated carbocycles. The molecule has 0 heterocycles. The van der Waals surface area contributed by atoms with Crippen LogP contribution in [0.1, 0.15) is 16.8 Å². The van der Waals surface area contributed by atoms with Crippen molar-refractivity contribution in [2.45, 2.75) is 11.3 Å². The molecular weight excluding hydrogens is 388 g/mol. The standard InChI is InChI=1S/C19H19F2N3O3S/c1-24(2)19(27)28-14-6-4-13(5-7-14)23-17(25)9-10-22-18(26)15-8-3-12(20)11-16(15)21/h3-8,11H,9-10H2,1-2H3,(H,22,26)(H,23,25). The monoisotopic (exact) mass is 407 g/mol. The quantitative estimate of drug-likeness (QED) is 0.719. The molecular formula is C19H19F2N3O3S. The number of rotatable bonds is 6. The van der Waals surface area contributed by atoms with Gasteiger partial charge in [0.25, 0.3) is 11.1 Å². The maximum atomic E-state index is 13.5. The van der Waals surface area contributed by atoms with E-state index < -0.39 is 17.5 Å². The first-order chi connectivity index (χ1) is 13.3. The van der Waals surface area contributed by atoms with Crippen LogP contribution in [0.4, 0.5) is 19.3 Å². The van der Waals surface area contributed by atoms with Crippen molar-refractivity contribution >= 4 is 34.5 Å². The second kappa shape index (κ2) is 9.84. The van der Waals surface area contributed by atoms with Crippen molar-refractivity contribution in [1.29, 1.82) is 0 Å². The van der Waals surface area contributed by atoms with Gasteiger partial charge in [0, 0.05) is 43.7 Å². The van der Waals surface area contributed by atoms with Crippen molar-refractivity contribution in [3.63, 3.8) is 0 Å². The van der Waals surface area contributed by atoms with Gasteiger partial charge < -0.3 is 15.5 Å². The summed E-state index contributed by atoms with van der Waals surface area (Å²) in [4.78, 5) is 37.6. The molecule has 9 heteroatoms. The van der Waals surface area contributed by atoms with Gasteiger partial charge in [0.2, 0.25) is 5.91 Å². The van der Waals surface area contributed by atoms with E-state index in [2.05, 4.69) is 10.6 Å². The van der Waals surface area contributed by atoms with E-state index >= 15 is 0 Å². The predicted molar refractivity (Wildman–Crippen MR) is 103 cm³/mol. The van der Waals surface area contributed by atoms with Crippen molar-refractivity contribution in [3.05, 3.63) is 59.7 Å². The van der Waals surface area contributed by atoms with Crippen LogP contribution >= 0.6 is 11.8 Å². The van der Waals surface area contributed by atoms with Gasteiger partial charge >= 0.3 is 0 Å². The molecule has 2 aromatic rings. The van der Waals surface area contributed by atoms with Crippen LogP contribution in [0.5, 0.6) is 0 Å². The second-order valence-electron chi connectivity index (χ2n) is 5.97. The van der Waals surface area contributed by atoms with Crippen molar-refractivity contribution in [2.24, 2.45) is 0 Å². The fourth-order valence-electron chi connectivity index (χ4n) is 2.08. The van der Waals surface area contributed by atoms with Gasteiger partial charge in [-0.3, -0.25) is 14.4 Å². The molecule has 148 valence electrons. The number of anilines is 1. The summed E-state index contributed by atoms with van der Waals surface area (Å²) in [7, 11) is 3.32. The first-order valence-corrected chi connectivity index (χ1v) is 9.10. The molecule has 28 heavy (non-hydrogen) atoms. The lowest BCUT2D eigenvalue weighted by Crippen LogP contribution is -2.28. The summed E-state index contributed by atoms with van der Waals surface area (Å²) in [5.41, 5.74) is 0.254. The van der Waals surface area contributed by atoms with Crippen LogP contribution in [0.25, 0.3) is 0 Å². The Morgan fingerprint density at radius 3 is 2.32 bits per heavy atom. The predicted octanol–water partition coefficient (Wildman–Crippen LogP) is 3.50. The molecule has 0 aromatic heterocycles. The number of benzene rings is 2. The first-order valence-electron chi connectivity index (χ1n) is 8.28. The molecule has 0 fully saturated rings. The van der Waals surface area contributed by atoms with E-state index in [0.717, 1.165) is 28.8 Å². The number of carbonyl (C=O) groups is 3. The summed E-state index contributed by atoms with van der Waals surface area (Å²) in [6, 6.07) is 9.39. The van der Waals surface area contributed by atoms with E-state index in [-0.39, 0.29) is 29.7 Å². The molecule has 0 bridgehead atoms. The van der Waals surface area contributed by atoms with Crippen molar-refractivity contribution < 1.29 is 23.2 Å². The molecule has 3 amide bonds. The zero-order valence-corrected chi connectivity index (χ0v) is 16.1. The van der Waals surface area contributed by atoms with E-state index in [4.69, 9.17) is 0 Å². The third kappa shape index (κ3) is 6.34. The SMILES string of the molecule is CN(C)C(=O)Sc1ccc(NC(=O)CCNC(=O)c2ccc(F)cc2F)cc1. The highest BCUT2D eigenvalue weighted by molar-refractivity contribution is 8.13. The summed E-state index contributed by atoms with van der Waals surface area (Å²) in [6.45, 7) is -0.00719. The Morgan fingerprint density at radius 2 is 1.71 bits per heavy atom. The zero-order chi connectivity index (χ0) is 20.7.